The first-order valence-corrected chi connectivity index (χ1v) is 7.01. The van der Waals surface area contributed by atoms with Gasteiger partial charge in [0.2, 0.25) is 0 Å². The van der Waals surface area contributed by atoms with E-state index in [0.717, 1.165) is 30.0 Å². The van der Waals surface area contributed by atoms with E-state index in [1.54, 1.807) is 0 Å². The number of fused-ring (bicyclic) bond motifs is 1. The molecule has 5 heteroatoms. The molecule has 2 aromatic heterocycles. The molecule has 1 atom stereocenters. The SMILES string of the molecule is CN(C)c1ccc2c(C#N)nc(CC3CCCN3)n2c1. The third-order valence-corrected chi connectivity index (χ3v) is 3.91. The summed E-state index contributed by atoms with van der Waals surface area (Å²) in [5.41, 5.74) is 2.52. The Hall–Kier alpha value is -2.06. The van der Waals surface area contributed by atoms with Crippen LogP contribution < -0.4 is 10.2 Å². The van der Waals surface area contributed by atoms with Gasteiger partial charge in [0.15, 0.2) is 5.69 Å². The van der Waals surface area contributed by atoms with E-state index in [4.69, 9.17) is 0 Å². The quantitative estimate of drug-likeness (QED) is 0.919. The monoisotopic (exact) mass is 269 g/mol. The normalized spacial score (nSPS) is 18.4. The van der Waals surface area contributed by atoms with Crippen LogP contribution in [0.5, 0.6) is 0 Å². The highest BCUT2D eigenvalue weighted by Gasteiger charge is 2.19. The molecule has 3 rings (SSSR count). The third-order valence-electron chi connectivity index (χ3n) is 3.91. The smallest absolute Gasteiger partial charge is 0.166 e. The minimum absolute atomic E-state index is 0.482. The lowest BCUT2D eigenvalue weighted by molar-refractivity contribution is 0.584. The van der Waals surface area contributed by atoms with Gasteiger partial charge < -0.3 is 14.6 Å². The fourth-order valence-electron chi connectivity index (χ4n) is 2.78. The van der Waals surface area contributed by atoms with E-state index in [1.165, 1.54) is 12.8 Å². The van der Waals surface area contributed by atoms with Crippen molar-refractivity contribution in [3.8, 4) is 6.07 Å². The number of nitriles is 1. The van der Waals surface area contributed by atoms with Gasteiger partial charge in [-0.15, -0.1) is 0 Å². The van der Waals surface area contributed by atoms with E-state index in [2.05, 4.69) is 31.9 Å². The molecule has 5 nitrogen and oxygen atoms in total. The molecular formula is C15H19N5. The zero-order valence-corrected chi connectivity index (χ0v) is 11.9. The van der Waals surface area contributed by atoms with Crippen molar-refractivity contribution in [3.05, 3.63) is 29.8 Å². The number of hydrogen-bond acceptors (Lipinski definition) is 4. The highest BCUT2D eigenvalue weighted by molar-refractivity contribution is 5.62. The molecule has 1 aliphatic rings. The second kappa shape index (κ2) is 5.14. The van der Waals surface area contributed by atoms with Crippen LogP contribution in [0, 0.1) is 11.3 Å². The van der Waals surface area contributed by atoms with Crippen LogP contribution in [0.2, 0.25) is 0 Å². The van der Waals surface area contributed by atoms with Crippen molar-refractivity contribution in [2.75, 3.05) is 25.5 Å². The van der Waals surface area contributed by atoms with E-state index < -0.39 is 0 Å². The molecule has 2 aromatic rings. The number of imidazole rings is 1. The largest absolute Gasteiger partial charge is 0.376 e. The van der Waals surface area contributed by atoms with Crippen LogP contribution in [0.15, 0.2) is 18.3 Å². The predicted molar refractivity (Wildman–Crippen MR) is 79.0 cm³/mol. The Balaban J connectivity index is 2.05. The van der Waals surface area contributed by atoms with E-state index >= 15 is 0 Å². The molecule has 1 fully saturated rings. The fraction of sp³-hybridized carbons (Fsp3) is 0.467. The van der Waals surface area contributed by atoms with Crippen LogP contribution in [0.25, 0.3) is 5.52 Å². The van der Waals surface area contributed by atoms with Crippen LogP contribution in [-0.4, -0.2) is 36.1 Å². The van der Waals surface area contributed by atoms with Crippen molar-refractivity contribution < 1.29 is 0 Å². The molecule has 20 heavy (non-hydrogen) atoms. The van der Waals surface area contributed by atoms with E-state index in [1.807, 2.05) is 26.2 Å². The van der Waals surface area contributed by atoms with Crippen LogP contribution in [0.3, 0.4) is 0 Å². The second-order valence-electron chi connectivity index (χ2n) is 5.52. The van der Waals surface area contributed by atoms with Crippen LogP contribution in [-0.2, 0) is 6.42 Å². The lowest BCUT2D eigenvalue weighted by Gasteiger charge is -2.14. The van der Waals surface area contributed by atoms with Crippen molar-refractivity contribution in [2.45, 2.75) is 25.3 Å². The molecule has 0 amide bonds. The molecule has 3 heterocycles. The summed E-state index contributed by atoms with van der Waals surface area (Å²) in [6.07, 6.45) is 5.35. The molecule has 0 bridgehead atoms. The number of nitrogens with one attached hydrogen (secondary N) is 1. The Bertz CT molecular complexity index is 659. The number of rotatable bonds is 3. The van der Waals surface area contributed by atoms with Gasteiger partial charge in [-0.1, -0.05) is 0 Å². The minimum atomic E-state index is 0.482. The molecule has 0 radical (unpaired) electrons. The third kappa shape index (κ3) is 2.23. The van der Waals surface area contributed by atoms with Gasteiger partial charge in [0.05, 0.1) is 11.2 Å². The van der Waals surface area contributed by atoms with Crippen LogP contribution in [0.4, 0.5) is 5.69 Å². The van der Waals surface area contributed by atoms with Crippen molar-refractivity contribution in [2.24, 2.45) is 0 Å². The van der Waals surface area contributed by atoms with Crippen molar-refractivity contribution in [3.63, 3.8) is 0 Å². The average molecular weight is 269 g/mol. The molecule has 0 saturated carbocycles. The Labute approximate surface area is 118 Å². The summed E-state index contributed by atoms with van der Waals surface area (Å²) in [5, 5.41) is 12.7. The van der Waals surface area contributed by atoms with Gasteiger partial charge in [0.1, 0.15) is 11.9 Å². The summed E-state index contributed by atoms with van der Waals surface area (Å²) < 4.78 is 2.06. The maximum atomic E-state index is 9.24. The lowest BCUT2D eigenvalue weighted by atomic mass is 10.1. The van der Waals surface area contributed by atoms with Gasteiger partial charge in [-0.3, -0.25) is 0 Å². The van der Waals surface area contributed by atoms with Gasteiger partial charge in [-0.05, 0) is 31.5 Å². The van der Waals surface area contributed by atoms with E-state index in [9.17, 15) is 5.26 Å². The first kappa shape index (κ1) is 12.9. The van der Waals surface area contributed by atoms with Gasteiger partial charge in [-0.2, -0.15) is 5.26 Å². The van der Waals surface area contributed by atoms with Gasteiger partial charge >= 0.3 is 0 Å². The zero-order chi connectivity index (χ0) is 14.1. The molecule has 1 saturated heterocycles. The lowest BCUT2D eigenvalue weighted by Crippen LogP contribution is -2.24. The number of nitrogens with zero attached hydrogens (tertiary/aromatic N) is 4. The standard InChI is InChI=1S/C15H19N5/c1-19(2)12-5-6-14-13(9-16)18-15(20(14)10-12)8-11-4-3-7-17-11/h5-6,10-11,17H,3-4,7-8H2,1-2H3. The Morgan fingerprint density at radius 2 is 2.35 bits per heavy atom. The summed E-state index contributed by atoms with van der Waals surface area (Å²) in [6.45, 7) is 1.09. The van der Waals surface area contributed by atoms with E-state index in [0.29, 0.717) is 11.7 Å². The first-order chi connectivity index (χ1) is 9.69. The van der Waals surface area contributed by atoms with E-state index in [-0.39, 0.29) is 0 Å². The molecule has 0 aromatic carbocycles. The van der Waals surface area contributed by atoms with Crippen molar-refractivity contribution >= 4 is 11.2 Å². The second-order valence-corrected chi connectivity index (χ2v) is 5.52. The molecule has 1 N–H and O–H groups in total. The molecular weight excluding hydrogens is 250 g/mol. The summed E-state index contributed by atoms with van der Waals surface area (Å²) in [5.74, 6) is 0.972. The van der Waals surface area contributed by atoms with Gasteiger partial charge in [0, 0.05) is 32.8 Å². The average Bonchev–Trinajstić information content (AvgIpc) is 3.07. The number of anilines is 1. The van der Waals surface area contributed by atoms with Crippen LogP contribution in [0.1, 0.15) is 24.4 Å². The molecule has 0 spiro atoms. The summed E-state index contributed by atoms with van der Waals surface area (Å²) >= 11 is 0. The highest BCUT2D eigenvalue weighted by Crippen LogP contribution is 2.20. The Morgan fingerprint density at radius 1 is 1.50 bits per heavy atom. The molecule has 1 aliphatic heterocycles. The number of aromatic nitrogens is 2. The fourth-order valence-corrected chi connectivity index (χ4v) is 2.78. The number of pyridine rings is 1. The van der Waals surface area contributed by atoms with Crippen molar-refractivity contribution in [1.29, 1.82) is 5.26 Å². The maximum Gasteiger partial charge on any atom is 0.166 e. The summed E-state index contributed by atoms with van der Waals surface area (Å²) in [7, 11) is 4.03. The topological polar surface area (TPSA) is 56.4 Å². The predicted octanol–water partition coefficient (Wildman–Crippen LogP) is 1.57. The molecule has 104 valence electrons. The van der Waals surface area contributed by atoms with Gasteiger partial charge in [-0.25, -0.2) is 4.98 Å². The summed E-state index contributed by atoms with van der Waals surface area (Å²) in [6, 6.07) is 6.68. The Morgan fingerprint density at radius 3 is 3.00 bits per heavy atom. The van der Waals surface area contributed by atoms with Crippen LogP contribution >= 0.6 is 0 Å². The first-order valence-electron chi connectivity index (χ1n) is 7.01. The van der Waals surface area contributed by atoms with Crippen molar-refractivity contribution in [1.82, 2.24) is 14.7 Å². The van der Waals surface area contributed by atoms with Gasteiger partial charge in [0.25, 0.3) is 0 Å². The maximum absolute atomic E-state index is 9.24. The molecule has 1 unspecified atom stereocenters. The minimum Gasteiger partial charge on any atom is -0.376 e. The highest BCUT2D eigenvalue weighted by atomic mass is 15.1. The summed E-state index contributed by atoms with van der Waals surface area (Å²) in [4.78, 5) is 6.57. The zero-order valence-electron chi connectivity index (χ0n) is 11.9. The number of hydrogen-bond donors (Lipinski definition) is 1. The molecule has 0 aliphatic carbocycles. The Kier molecular flexibility index (Phi) is 3.33.